The minimum Gasteiger partial charge on any atom is -0.390 e. The van der Waals surface area contributed by atoms with Crippen LogP contribution in [-0.2, 0) is 0 Å². The molecule has 8 nitrogen and oxygen atoms in total. The lowest BCUT2D eigenvalue weighted by Gasteiger charge is -2.15. The number of hydrogen-bond donors (Lipinski definition) is 3. The van der Waals surface area contributed by atoms with Crippen LogP contribution in [0.25, 0.3) is 21.5 Å². The van der Waals surface area contributed by atoms with E-state index in [9.17, 15) is 15.0 Å². The predicted molar refractivity (Wildman–Crippen MR) is 66.5 cm³/mol. The number of nitrogens with one attached hydrogen (secondary N) is 1. The number of fused-ring (bicyclic) bond motifs is 1. The molecule has 2 aromatic heterocycles. The number of aromatic nitrogens is 2. The third-order valence-corrected chi connectivity index (χ3v) is 2.75. The van der Waals surface area contributed by atoms with Crippen molar-refractivity contribution in [3.63, 3.8) is 0 Å². The highest BCUT2D eigenvalue weighted by molar-refractivity contribution is 5.95. The predicted octanol–water partition coefficient (Wildman–Crippen LogP) is 1.08. The molecule has 0 saturated carbocycles. The van der Waals surface area contributed by atoms with Crippen LogP contribution in [0.4, 0.5) is 0 Å². The molecule has 0 radical (unpaired) electrons. The Hall–Kier alpha value is -2.41. The van der Waals surface area contributed by atoms with Crippen molar-refractivity contribution in [3.8, 4) is 0 Å². The fraction of sp³-hybridized carbons (Fsp3) is 0.273. The second kappa shape index (κ2) is 5.49. The molecule has 0 aromatic carbocycles. The molecule has 0 aliphatic carbocycles. The van der Waals surface area contributed by atoms with Gasteiger partial charge in [-0.1, -0.05) is 5.11 Å². The van der Waals surface area contributed by atoms with Gasteiger partial charge in [0, 0.05) is 33.8 Å². The molecule has 0 aliphatic heterocycles. The van der Waals surface area contributed by atoms with Crippen LogP contribution in [0.5, 0.6) is 0 Å². The van der Waals surface area contributed by atoms with Gasteiger partial charge in [0.25, 0.3) is 0 Å². The first-order chi connectivity index (χ1) is 9.17. The first-order valence-electron chi connectivity index (χ1n) is 5.46. The van der Waals surface area contributed by atoms with Gasteiger partial charge in [-0.2, -0.15) is 0 Å². The summed E-state index contributed by atoms with van der Waals surface area (Å²) < 4.78 is 0. The van der Waals surface area contributed by atoms with Crippen LogP contribution in [0.15, 0.2) is 23.6 Å². The van der Waals surface area contributed by atoms with Crippen LogP contribution in [0.3, 0.4) is 0 Å². The number of rotatable bonds is 5. The molecule has 2 atom stereocenters. The number of azide groups is 1. The highest BCUT2D eigenvalue weighted by Crippen LogP contribution is 2.22. The minimum absolute atomic E-state index is 0.247. The van der Waals surface area contributed by atoms with Crippen LogP contribution in [0.1, 0.15) is 22.0 Å². The van der Waals surface area contributed by atoms with Gasteiger partial charge < -0.3 is 15.2 Å². The zero-order valence-electron chi connectivity index (χ0n) is 9.76. The van der Waals surface area contributed by atoms with E-state index in [2.05, 4.69) is 20.0 Å². The van der Waals surface area contributed by atoms with Gasteiger partial charge in [-0.05, 0) is 11.6 Å². The maximum Gasteiger partial charge on any atom is 0.152 e. The van der Waals surface area contributed by atoms with Crippen molar-refractivity contribution in [3.05, 3.63) is 40.0 Å². The monoisotopic (exact) mass is 261 g/mol. The molecule has 0 amide bonds. The summed E-state index contributed by atoms with van der Waals surface area (Å²) in [6.07, 6.45) is 1.10. The van der Waals surface area contributed by atoms with E-state index in [1.165, 1.54) is 12.4 Å². The Morgan fingerprint density at radius 1 is 1.58 bits per heavy atom. The smallest absolute Gasteiger partial charge is 0.152 e. The second-order valence-corrected chi connectivity index (χ2v) is 3.95. The van der Waals surface area contributed by atoms with Gasteiger partial charge in [0.2, 0.25) is 0 Å². The van der Waals surface area contributed by atoms with Crippen molar-refractivity contribution in [2.75, 3.05) is 6.54 Å². The van der Waals surface area contributed by atoms with E-state index in [-0.39, 0.29) is 6.54 Å². The molecule has 19 heavy (non-hydrogen) atoms. The zero-order valence-corrected chi connectivity index (χ0v) is 9.76. The van der Waals surface area contributed by atoms with Crippen molar-refractivity contribution in [1.29, 1.82) is 0 Å². The Morgan fingerprint density at radius 3 is 3.05 bits per heavy atom. The van der Waals surface area contributed by atoms with Crippen LogP contribution in [0.2, 0.25) is 0 Å². The molecule has 2 rings (SSSR count). The average Bonchev–Trinajstić information content (AvgIpc) is 2.85. The fourth-order valence-electron chi connectivity index (χ4n) is 1.74. The topological polar surface area (TPSA) is 135 Å². The van der Waals surface area contributed by atoms with Gasteiger partial charge in [0.15, 0.2) is 6.29 Å². The third-order valence-electron chi connectivity index (χ3n) is 2.75. The standard InChI is InChI=1S/C11H11N5O3/c12-16-15-4-9(18)10(19)6-1-8-7(5-17)3-14-11(8)13-2-6/h1-3,5,9-10,18-19H,4H2,(H,13,14). The van der Waals surface area contributed by atoms with Crippen molar-refractivity contribution < 1.29 is 15.0 Å². The van der Waals surface area contributed by atoms with E-state index in [0.717, 1.165) is 0 Å². The largest absolute Gasteiger partial charge is 0.390 e. The molecule has 0 spiro atoms. The van der Waals surface area contributed by atoms with Gasteiger partial charge in [-0.25, -0.2) is 4.98 Å². The lowest BCUT2D eigenvalue weighted by molar-refractivity contribution is 0.0243. The summed E-state index contributed by atoms with van der Waals surface area (Å²) in [4.78, 5) is 20.2. The number of aliphatic hydroxyl groups is 2. The average molecular weight is 261 g/mol. The number of aliphatic hydroxyl groups excluding tert-OH is 2. The van der Waals surface area contributed by atoms with E-state index in [1.807, 2.05) is 0 Å². The minimum atomic E-state index is -1.24. The van der Waals surface area contributed by atoms with Crippen molar-refractivity contribution in [2.45, 2.75) is 12.2 Å². The summed E-state index contributed by atoms with van der Waals surface area (Å²) in [5, 5.41) is 23.3. The Morgan fingerprint density at radius 2 is 2.37 bits per heavy atom. The summed E-state index contributed by atoms with van der Waals surface area (Å²) >= 11 is 0. The number of aldehydes is 1. The Kier molecular flexibility index (Phi) is 3.76. The molecular formula is C11H11N5O3. The first-order valence-corrected chi connectivity index (χ1v) is 5.46. The summed E-state index contributed by atoms with van der Waals surface area (Å²) in [6, 6.07) is 1.56. The summed E-state index contributed by atoms with van der Waals surface area (Å²) in [5.74, 6) is 0. The van der Waals surface area contributed by atoms with E-state index >= 15 is 0 Å². The lowest BCUT2D eigenvalue weighted by atomic mass is 10.0. The second-order valence-electron chi connectivity index (χ2n) is 3.95. The lowest BCUT2D eigenvalue weighted by Crippen LogP contribution is -2.21. The summed E-state index contributed by atoms with van der Waals surface area (Å²) in [6.45, 7) is -0.247. The van der Waals surface area contributed by atoms with E-state index < -0.39 is 12.2 Å². The molecule has 8 heteroatoms. The molecule has 0 saturated heterocycles. The maximum atomic E-state index is 10.8. The Balaban J connectivity index is 2.33. The van der Waals surface area contributed by atoms with Gasteiger partial charge in [0.1, 0.15) is 11.8 Å². The van der Waals surface area contributed by atoms with Gasteiger partial charge in [0.05, 0.1) is 12.6 Å². The zero-order chi connectivity index (χ0) is 13.8. The summed E-state index contributed by atoms with van der Waals surface area (Å²) in [7, 11) is 0. The number of H-pyrrole nitrogens is 1. The quantitative estimate of drug-likeness (QED) is 0.321. The number of carbonyl (C=O) groups is 1. The molecule has 3 N–H and O–H groups in total. The normalized spacial score (nSPS) is 13.8. The molecule has 0 aliphatic rings. The highest BCUT2D eigenvalue weighted by atomic mass is 16.3. The Labute approximate surface area is 107 Å². The molecule has 2 unspecified atom stereocenters. The number of hydrogen-bond acceptors (Lipinski definition) is 5. The van der Waals surface area contributed by atoms with E-state index in [1.54, 1.807) is 6.07 Å². The van der Waals surface area contributed by atoms with E-state index in [4.69, 9.17) is 5.53 Å². The van der Waals surface area contributed by atoms with Crippen LogP contribution in [-0.4, -0.2) is 39.1 Å². The Bertz CT molecular complexity index is 647. The summed E-state index contributed by atoms with van der Waals surface area (Å²) in [5.41, 5.74) is 9.44. The number of aromatic amines is 1. The SMILES string of the molecule is [N-]=[N+]=NCC(O)C(O)c1cnc2[nH]cc(C=O)c2c1. The molecule has 2 heterocycles. The third kappa shape index (κ3) is 2.55. The molecule has 2 aromatic rings. The van der Waals surface area contributed by atoms with Crippen LogP contribution >= 0.6 is 0 Å². The molecule has 0 bridgehead atoms. The first kappa shape index (κ1) is 13.0. The van der Waals surface area contributed by atoms with Gasteiger partial charge >= 0.3 is 0 Å². The van der Waals surface area contributed by atoms with Crippen molar-refractivity contribution >= 4 is 17.3 Å². The van der Waals surface area contributed by atoms with Crippen LogP contribution in [0, 0.1) is 0 Å². The van der Waals surface area contributed by atoms with Crippen molar-refractivity contribution in [1.82, 2.24) is 9.97 Å². The van der Waals surface area contributed by atoms with Crippen LogP contribution < -0.4 is 0 Å². The van der Waals surface area contributed by atoms with Gasteiger partial charge in [-0.15, -0.1) is 0 Å². The maximum absolute atomic E-state index is 10.8. The fourth-order valence-corrected chi connectivity index (χ4v) is 1.74. The van der Waals surface area contributed by atoms with Gasteiger partial charge in [-0.3, -0.25) is 4.79 Å². The number of carbonyl (C=O) groups excluding carboxylic acids is 1. The highest BCUT2D eigenvalue weighted by Gasteiger charge is 2.19. The molecular weight excluding hydrogens is 250 g/mol. The molecule has 98 valence electrons. The number of nitrogens with zero attached hydrogens (tertiary/aromatic N) is 4. The van der Waals surface area contributed by atoms with Crippen molar-refractivity contribution in [2.24, 2.45) is 5.11 Å². The van der Waals surface area contributed by atoms with E-state index in [0.29, 0.717) is 28.4 Å². The number of pyridine rings is 1. The molecule has 0 fully saturated rings.